The molecule has 8 heteroatoms. The number of carbonyl (C=O) groups is 2. The van der Waals surface area contributed by atoms with E-state index in [9.17, 15) is 9.59 Å². The van der Waals surface area contributed by atoms with E-state index in [0.717, 1.165) is 16.6 Å². The zero-order valence-electron chi connectivity index (χ0n) is 16.7. The standard InChI is InChI=1S/C22H23ClN4O3/c1-2-30-22(29)20(15-3-6-17(23)7-4-15)26-9-11-27(12-10-26)21(28)16-5-8-18-19(13-16)25-14-24-18/h3-8,13-14,20H,2,9-12H2,1H3,(H,24,25). The van der Waals surface area contributed by atoms with E-state index in [1.807, 2.05) is 29.2 Å². The van der Waals surface area contributed by atoms with Crippen molar-refractivity contribution in [3.05, 3.63) is 64.9 Å². The van der Waals surface area contributed by atoms with E-state index in [1.54, 1.807) is 31.5 Å². The normalized spacial score (nSPS) is 15.9. The molecule has 1 atom stereocenters. The minimum atomic E-state index is -0.513. The van der Waals surface area contributed by atoms with Crippen LogP contribution in [0.5, 0.6) is 0 Å². The number of benzene rings is 2. The maximum absolute atomic E-state index is 13.0. The summed E-state index contributed by atoms with van der Waals surface area (Å²) in [5, 5.41) is 0.617. The number of carbonyl (C=O) groups excluding carboxylic acids is 2. The molecule has 0 radical (unpaired) electrons. The average molecular weight is 427 g/mol. The predicted octanol–water partition coefficient (Wildman–Crippen LogP) is 3.28. The number of nitrogens with zero attached hydrogens (tertiary/aromatic N) is 3. The Morgan fingerprint density at radius 1 is 1.13 bits per heavy atom. The molecule has 156 valence electrons. The Morgan fingerprint density at radius 3 is 2.57 bits per heavy atom. The number of hydrogen-bond donors (Lipinski definition) is 1. The number of rotatable bonds is 5. The summed E-state index contributed by atoms with van der Waals surface area (Å²) in [7, 11) is 0. The van der Waals surface area contributed by atoms with Crippen LogP contribution in [0, 0.1) is 0 Å². The molecule has 30 heavy (non-hydrogen) atoms. The van der Waals surface area contributed by atoms with Gasteiger partial charge in [-0.25, -0.2) is 9.78 Å². The molecule has 0 saturated carbocycles. The van der Waals surface area contributed by atoms with Crippen LogP contribution in [0.3, 0.4) is 0 Å². The number of piperazine rings is 1. The lowest BCUT2D eigenvalue weighted by Crippen LogP contribution is -2.51. The quantitative estimate of drug-likeness (QED) is 0.633. The van der Waals surface area contributed by atoms with Crippen LogP contribution in [0.4, 0.5) is 0 Å². The molecule has 1 N–H and O–H groups in total. The molecule has 1 aliphatic heterocycles. The zero-order valence-corrected chi connectivity index (χ0v) is 17.4. The third-order valence-corrected chi connectivity index (χ3v) is 5.58. The second-order valence-electron chi connectivity index (χ2n) is 7.17. The number of hydrogen-bond acceptors (Lipinski definition) is 5. The first-order chi connectivity index (χ1) is 14.6. The number of halogens is 1. The maximum atomic E-state index is 13.0. The fourth-order valence-electron chi connectivity index (χ4n) is 3.80. The van der Waals surface area contributed by atoms with Crippen LogP contribution < -0.4 is 0 Å². The summed E-state index contributed by atoms with van der Waals surface area (Å²) in [4.78, 5) is 36.7. The molecule has 7 nitrogen and oxygen atoms in total. The van der Waals surface area contributed by atoms with Crippen LogP contribution in [0.25, 0.3) is 11.0 Å². The van der Waals surface area contributed by atoms with Gasteiger partial charge in [-0.05, 0) is 42.8 Å². The predicted molar refractivity (Wildman–Crippen MR) is 114 cm³/mol. The Balaban J connectivity index is 1.47. The summed E-state index contributed by atoms with van der Waals surface area (Å²) < 4.78 is 5.32. The van der Waals surface area contributed by atoms with Gasteiger partial charge in [0.1, 0.15) is 6.04 Å². The van der Waals surface area contributed by atoms with E-state index in [-0.39, 0.29) is 11.9 Å². The number of aromatic amines is 1. The van der Waals surface area contributed by atoms with Gasteiger partial charge < -0.3 is 14.6 Å². The highest BCUT2D eigenvalue weighted by Crippen LogP contribution is 2.26. The highest BCUT2D eigenvalue weighted by atomic mass is 35.5. The topological polar surface area (TPSA) is 78.5 Å². The largest absolute Gasteiger partial charge is 0.465 e. The number of aromatic nitrogens is 2. The van der Waals surface area contributed by atoms with Crippen molar-refractivity contribution in [2.75, 3.05) is 32.8 Å². The van der Waals surface area contributed by atoms with Crippen molar-refractivity contribution >= 4 is 34.5 Å². The van der Waals surface area contributed by atoms with Crippen LogP contribution in [-0.2, 0) is 9.53 Å². The van der Waals surface area contributed by atoms with E-state index in [2.05, 4.69) is 14.9 Å². The van der Waals surface area contributed by atoms with E-state index in [1.165, 1.54) is 0 Å². The first-order valence-corrected chi connectivity index (χ1v) is 10.3. The van der Waals surface area contributed by atoms with E-state index in [0.29, 0.717) is 43.4 Å². The van der Waals surface area contributed by atoms with Gasteiger partial charge in [0.25, 0.3) is 5.91 Å². The lowest BCUT2D eigenvalue weighted by molar-refractivity contribution is -0.150. The highest BCUT2D eigenvalue weighted by molar-refractivity contribution is 6.30. The number of fused-ring (bicyclic) bond motifs is 1. The maximum Gasteiger partial charge on any atom is 0.328 e. The summed E-state index contributed by atoms with van der Waals surface area (Å²) in [5.74, 6) is -0.311. The molecular formula is C22H23ClN4O3. The molecule has 1 aromatic heterocycles. The Hall–Kier alpha value is -2.90. The molecule has 0 bridgehead atoms. The van der Waals surface area contributed by atoms with Crippen molar-refractivity contribution in [1.82, 2.24) is 19.8 Å². The number of imidazole rings is 1. The summed E-state index contributed by atoms with van der Waals surface area (Å²) in [6.07, 6.45) is 1.62. The van der Waals surface area contributed by atoms with Crippen molar-refractivity contribution in [2.45, 2.75) is 13.0 Å². The summed E-state index contributed by atoms with van der Waals surface area (Å²) in [6.45, 7) is 4.32. The number of H-pyrrole nitrogens is 1. The summed E-state index contributed by atoms with van der Waals surface area (Å²) in [5.41, 5.74) is 3.13. The highest BCUT2D eigenvalue weighted by Gasteiger charge is 2.33. The smallest absolute Gasteiger partial charge is 0.328 e. The third kappa shape index (κ3) is 4.17. The van der Waals surface area contributed by atoms with Crippen molar-refractivity contribution in [2.24, 2.45) is 0 Å². The van der Waals surface area contributed by atoms with Crippen LogP contribution in [0.15, 0.2) is 48.8 Å². The van der Waals surface area contributed by atoms with Crippen molar-refractivity contribution in [1.29, 1.82) is 0 Å². The minimum absolute atomic E-state index is 0.0228. The zero-order chi connectivity index (χ0) is 21.1. The molecular weight excluding hydrogens is 404 g/mol. The monoisotopic (exact) mass is 426 g/mol. The molecule has 0 aliphatic carbocycles. The van der Waals surface area contributed by atoms with E-state index >= 15 is 0 Å². The Morgan fingerprint density at radius 2 is 1.87 bits per heavy atom. The van der Waals surface area contributed by atoms with Crippen molar-refractivity contribution < 1.29 is 14.3 Å². The lowest BCUT2D eigenvalue weighted by atomic mass is 10.0. The average Bonchev–Trinajstić information content (AvgIpc) is 3.23. The second-order valence-corrected chi connectivity index (χ2v) is 7.61. The van der Waals surface area contributed by atoms with Gasteiger partial charge >= 0.3 is 5.97 Å². The summed E-state index contributed by atoms with van der Waals surface area (Å²) in [6, 6.07) is 12.2. The molecule has 1 saturated heterocycles. The van der Waals surface area contributed by atoms with Crippen LogP contribution in [0.1, 0.15) is 28.9 Å². The van der Waals surface area contributed by atoms with Gasteiger partial charge in [0.2, 0.25) is 0 Å². The van der Waals surface area contributed by atoms with Gasteiger partial charge in [0, 0.05) is 36.8 Å². The lowest BCUT2D eigenvalue weighted by Gasteiger charge is -2.38. The molecule has 1 unspecified atom stereocenters. The van der Waals surface area contributed by atoms with Crippen LogP contribution in [0.2, 0.25) is 5.02 Å². The molecule has 2 heterocycles. The molecule has 4 rings (SSSR count). The molecule has 1 fully saturated rings. The Bertz CT molecular complexity index is 1040. The third-order valence-electron chi connectivity index (χ3n) is 5.33. The van der Waals surface area contributed by atoms with Crippen LogP contribution >= 0.6 is 11.6 Å². The fraction of sp³-hybridized carbons (Fsp3) is 0.318. The van der Waals surface area contributed by atoms with Gasteiger partial charge in [0.15, 0.2) is 0 Å². The molecule has 1 aliphatic rings. The first-order valence-electron chi connectivity index (χ1n) is 9.95. The van der Waals surface area contributed by atoms with Gasteiger partial charge in [-0.1, -0.05) is 23.7 Å². The number of esters is 1. The Labute approximate surface area is 179 Å². The number of amides is 1. The Kier molecular flexibility index (Phi) is 6.01. The van der Waals surface area contributed by atoms with Crippen molar-refractivity contribution in [3.8, 4) is 0 Å². The van der Waals surface area contributed by atoms with Gasteiger partial charge in [-0.15, -0.1) is 0 Å². The first kappa shape index (κ1) is 20.4. The molecule has 2 aromatic carbocycles. The second kappa shape index (κ2) is 8.85. The van der Waals surface area contributed by atoms with Crippen LogP contribution in [-0.4, -0.2) is 64.4 Å². The molecule has 1 amide bonds. The minimum Gasteiger partial charge on any atom is -0.465 e. The molecule has 0 spiro atoms. The SMILES string of the molecule is CCOC(=O)C(c1ccc(Cl)cc1)N1CCN(C(=O)c2ccc3nc[nH]c3c2)CC1. The molecule has 3 aromatic rings. The summed E-state index contributed by atoms with van der Waals surface area (Å²) >= 11 is 6.00. The number of ether oxygens (including phenoxy) is 1. The van der Waals surface area contributed by atoms with E-state index < -0.39 is 6.04 Å². The van der Waals surface area contributed by atoms with E-state index in [4.69, 9.17) is 16.3 Å². The fourth-order valence-corrected chi connectivity index (χ4v) is 3.92. The van der Waals surface area contributed by atoms with Gasteiger partial charge in [-0.3, -0.25) is 9.69 Å². The van der Waals surface area contributed by atoms with Crippen molar-refractivity contribution in [3.63, 3.8) is 0 Å². The van der Waals surface area contributed by atoms with Gasteiger partial charge in [0.05, 0.1) is 24.0 Å². The van der Waals surface area contributed by atoms with Gasteiger partial charge in [-0.2, -0.15) is 0 Å². The number of nitrogens with one attached hydrogen (secondary N) is 1.